The van der Waals surface area contributed by atoms with Crippen molar-refractivity contribution in [3.63, 3.8) is 0 Å². The van der Waals surface area contributed by atoms with E-state index < -0.39 is 7.26 Å². The van der Waals surface area contributed by atoms with Crippen LogP contribution in [0.15, 0.2) is 109 Å². The molecule has 172 valence electrons. The zero-order valence-electron chi connectivity index (χ0n) is 19.3. The van der Waals surface area contributed by atoms with Crippen LogP contribution in [-0.4, -0.2) is 18.2 Å². The first-order valence-electron chi connectivity index (χ1n) is 11.2. The number of hydrogen-bond acceptors (Lipinski definition) is 3. The molecule has 4 rings (SSSR count). The van der Waals surface area contributed by atoms with E-state index in [1.165, 1.54) is 0 Å². The molecule has 0 saturated heterocycles. The van der Waals surface area contributed by atoms with Gasteiger partial charge in [-0.2, -0.15) is 0 Å². The van der Waals surface area contributed by atoms with Gasteiger partial charge in [0, 0.05) is 0 Å². The van der Waals surface area contributed by atoms with Gasteiger partial charge < -0.3 is 0 Å². The molecule has 0 aliphatic heterocycles. The van der Waals surface area contributed by atoms with Crippen LogP contribution >= 0.6 is 7.26 Å². The first-order valence-corrected chi connectivity index (χ1v) is 13.2. The van der Waals surface area contributed by atoms with Gasteiger partial charge in [0.1, 0.15) is 0 Å². The van der Waals surface area contributed by atoms with E-state index in [2.05, 4.69) is 5.32 Å². The van der Waals surface area contributed by atoms with Crippen molar-refractivity contribution in [1.29, 1.82) is 0 Å². The van der Waals surface area contributed by atoms with Crippen LogP contribution in [0.25, 0.3) is 0 Å². The van der Waals surface area contributed by atoms with Gasteiger partial charge in [-0.1, -0.05) is 0 Å². The number of hydrogen-bond donors (Lipinski definition) is 1. The van der Waals surface area contributed by atoms with Gasteiger partial charge in [0.15, 0.2) is 0 Å². The maximum atomic E-state index is 14.0. The summed E-state index contributed by atoms with van der Waals surface area (Å²) in [5.41, 5.74) is 2.30. The van der Waals surface area contributed by atoms with Crippen LogP contribution in [0.5, 0.6) is 0 Å². The van der Waals surface area contributed by atoms with Crippen molar-refractivity contribution in [3.05, 3.63) is 120 Å². The van der Waals surface area contributed by atoms with Crippen LogP contribution in [0.2, 0.25) is 0 Å². The second-order valence-electron chi connectivity index (χ2n) is 8.24. The average Bonchev–Trinajstić information content (AvgIpc) is 2.87. The fourth-order valence-electron chi connectivity index (χ4n) is 4.34. The second kappa shape index (κ2) is 10.5. The zero-order chi connectivity index (χ0) is 24.0. The van der Waals surface area contributed by atoms with Gasteiger partial charge >= 0.3 is 201 Å². The van der Waals surface area contributed by atoms with Crippen LogP contribution in [-0.2, 0) is 9.53 Å². The molecule has 0 fully saturated rings. The minimum atomic E-state index is -3.25. The first-order chi connectivity index (χ1) is 16.5. The average molecular weight is 470 g/mol. The molecule has 0 heterocycles. The molecule has 1 N–H and O–H groups in total. The van der Waals surface area contributed by atoms with Crippen LogP contribution in [0.4, 0.5) is 10.5 Å². The number of nitrogens with one attached hydrogen (secondary N) is 1. The van der Waals surface area contributed by atoms with Gasteiger partial charge in [0.2, 0.25) is 0 Å². The molecule has 1 amide bonds. The number of rotatable bonds is 7. The predicted molar refractivity (Wildman–Crippen MR) is 142 cm³/mol. The van der Waals surface area contributed by atoms with E-state index in [4.69, 9.17) is 4.74 Å². The van der Waals surface area contributed by atoms with Crippen LogP contribution in [0.1, 0.15) is 11.1 Å². The van der Waals surface area contributed by atoms with Crippen LogP contribution in [0, 0.1) is 13.8 Å². The van der Waals surface area contributed by atoms with Crippen LogP contribution < -0.4 is 21.2 Å². The molecule has 0 unspecified atom stereocenters. The summed E-state index contributed by atoms with van der Waals surface area (Å²) >= 11 is 0. The fraction of sp³-hybridized carbons (Fsp3) is 0.103. The van der Waals surface area contributed by atoms with Gasteiger partial charge in [-0.15, -0.1) is 0 Å². The summed E-state index contributed by atoms with van der Waals surface area (Å²) in [6.07, 6.45) is 0. The van der Waals surface area contributed by atoms with Gasteiger partial charge in [-0.05, 0) is 0 Å². The SMILES string of the molecule is Cc1cccc(C)c1NC(=O)COC(=O)[PH](c1ccccc1)(c1ccccc1)c1ccccc1. The Hall–Kier alpha value is -3.75. The number of carbonyl (C=O) groups excluding carboxylic acids is 2. The van der Waals surface area contributed by atoms with E-state index in [0.717, 1.165) is 32.7 Å². The number of carbonyl (C=O) groups is 2. The van der Waals surface area contributed by atoms with Crippen molar-refractivity contribution in [2.45, 2.75) is 13.8 Å². The Balaban J connectivity index is 1.71. The number of benzene rings is 4. The van der Waals surface area contributed by atoms with Crippen LogP contribution in [0.3, 0.4) is 0 Å². The molecule has 4 nitrogen and oxygen atoms in total. The molecular weight excluding hydrogens is 441 g/mol. The van der Waals surface area contributed by atoms with Crippen molar-refractivity contribution < 1.29 is 14.3 Å². The van der Waals surface area contributed by atoms with E-state index in [1.807, 2.05) is 123 Å². The third kappa shape index (κ3) is 4.64. The summed E-state index contributed by atoms with van der Waals surface area (Å²) in [7, 11) is -3.25. The molecule has 0 saturated carbocycles. The zero-order valence-corrected chi connectivity index (χ0v) is 20.3. The van der Waals surface area contributed by atoms with Gasteiger partial charge in [-0.3, -0.25) is 0 Å². The fourth-order valence-corrected chi connectivity index (χ4v) is 8.42. The molecule has 0 aromatic heterocycles. The Bertz CT molecular complexity index is 1160. The summed E-state index contributed by atoms with van der Waals surface area (Å²) in [4.78, 5) is 26.8. The Morgan fingerprint density at radius 3 is 1.47 bits per heavy atom. The minimum absolute atomic E-state index is 0.353. The maximum absolute atomic E-state index is 14.0. The molecule has 0 radical (unpaired) electrons. The van der Waals surface area contributed by atoms with Gasteiger partial charge in [0.25, 0.3) is 0 Å². The Morgan fingerprint density at radius 2 is 1.06 bits per heavy atom. The predicted octanol–water partition coefficient (Wildman–Crippen LogP) is 5.10. The van der Waals surface area contributed by atoms with Crippen molar-refractivity contribution in [3.8, 4) is 0 Å². The summed E-state index contributed by atoms with van der Waals surface area (Å²) in [5, 5.41) is 5.63. The molecule has 0 aliphatic carbocycles. The molecule has 0 bridgehead atoms. The molecule has 0 spiro atoms. The van der Waals surface area contributed by atoms with E-state index in [1.54, 1.807) is 0 Å². The number of amides is 1. The molecular formula is C29H28NO3P. The third-order valence-electron chi connectivity index (χ3n) is 6.01. The van der Waals surface area contributed by atoms with Crippen molar-refractivity contribution >= 4 is 40.5 Å². The summed E-state index contributed by atoms with van der Waals surface area (Å²) in [6.45, 7) is 3.52. The molecule has 0 atom stereocenters. The van der Waals surface area contributed by atoms with Crippen molar-refractivity contribution in [2.75, 3.05) is 11.9 Å². The number of anilines is 1. The topological polar surface area (TPSA) is 55.4 Å². The first kappa shape index (κ1) is 23.4. The standard InChI is InChI=1S/C29H28NO3P/c1-22-13-12-14-23(2)28(22)30-27(31)21-33-29(32)34(24-15-6-3-7-16-24,25-17-8-4-9-18-25)26-19-10-5-11-20-26/h3-20,34H,21H2,1-2H3,(H,30,31). The third-order valence-corrected chi connectivity index (χ3v) is 10.4. The summed E-state index contributed by atoms with van der Waals surface area (Å²) in [5.74, 6) is -0.358. The number of para-hydroxylation sites is 1. The quantitative estimate of drug-likeness (QED) is 0.383. The number of aryl methyl sites for hydroxylation is 2. The molecule has 34 heavy (non-hydrogen) atoms. The molecule has 5 heteroatoms. The Morgan fingerprint density at radius 1 is 0.647 bits per heavy atom. The van der Waals surface area contributed by atoms with E-state index >= 15 is 0 Å². The van der Waals surface area contributed by atoms with E-state index in [-0.39, 0.29) is 18.2 Å². The van der Waals surface area contributed by atoms with Gasteiger partial charge in [0.05, 0.1) is 0 Å². The Labute approximate surface area is 200 Å². The number of ether oxygens (including phenoxy) is 1. The summed E-state index contributed by atoms with van der Waals surface area (Å²) < 4.78 is 5.80. The van der Waals surface area contributed by atoms with E-state index in [9.17, 15) is 9.59 Å². The molecule has 4 aromatic rings. The normalized spacial score (nSPS) is 11.5. The summed E-state index contributed by atoms with van der Waals surface area (Å²) in [6, 6.07) is 35.1. The molecule has 0 aliphatic rings. The van der Waals surface area contributed by atoms with Crippen molar-refractivity contribution in [2.24, 2.45) is 0 Å². The molecule has 4 aromatic carbocycles. The van der Waals surface area contributed by atoms with E-state index in [0.29, 0.717) is 0 Å². The van der Waals surface area contributed by atoms with Gasteiger partial charge in [-0.25, -0.2) is 0 Å². The Kier molecular flexibility index (Phi) is 7.20. The van der Waals surface area contributed by atoms with Crippen molar-refractivity contribution in [1.82, 2.24) is 0 Å². The monoisotopic (exact) mass is 469 g/mol. The second-order valence-corrected chi connectivity index (χ2v) is 11.9.